The molecule has 92 valence electrons. The number of nitrogens with zero attached hydrogens (tertiary/aromatic N) is 1. The third-order valence-corrected chi connectivity index (χ3v) is 2.00. The summed E-state index contributed by atoms with van der Waals surface area (Å²) in [6.45, 7) is 4.13. The van der Waals surface area contributed by atoms with Gasteiger partial charge in [-0.25, -0.2) is 0 Å². The van der Waals surface area contributed by atoms with Gasteiger partial charge in [0.1, 0.15) is 5.75 Å². The molecule has 5 heteroatoms. The molecule has 0 aromatic heterocycles. The molecule has 0 atom stereocenters. The Morgan fingerprint density at radius 3 is 2.47 bits per heavy atom. The smallest absolute Gasteiger partial charge is 0.417 e. The molecule has 0 aliphatic rings. The number of benzene rings is 1. The van der Waals surface area contributed by atoms with E-state index in [0.717, 1.165) is 12.1 Å². The molecule has 0 bridgehead atoms. The van der Waals surface area contributed by atoms with Gasteiger partial charge in [-0.1, -0.05) is 13.8 Å². The van der Waals surface area contributed by atoms with E-state index >= 15 is 0 Å². The number of hydrogen-bond acceptors (Lipinski definition) is 2. The first-order valence-electron chi connectivity index (χ1n) is 5.08. The molecule has 0 fully saturated rings. The van der Waals surface area contributed by atoms with Crippen molar-refractivity contribution in [3.8, 4) is 11.8 Å². The Labute approximate surface area is 97.6 Å². The molecule has 0 heterocycles. The Kier molecular flexibility index (Phi) is 4.00. The molecule has 0 spiro atoms. The van der Waals surface area contributed by atoms with Crippen molar-refractivity contribution in [3.05, 3.63) is 29.3 Å². The topological polar surface area (TPSA) is 33.0 Å². The van der Waals surface area contributed by atoms with E-state index in [9.17, 15) is 13.2 Å². The van der Waals surface area contributed by atoms with Crippen molar-refractivity contribution < 1.29 is 17.9 Å². The fourth-order valence-corrected chi connectivity index (χ4v) is 1.21. The summed E-state index contributed by atoms with van der Waals surface area (Å²) < 4.78 is 43.0. The van der Waals surface area contributed by atoms with Gasteiger partial charge in [0.25, 0.3) is 0 Å². The molecule has 0 amide bonds. The van der Waals surface area contributed by atoms with Gasteiger partial charge in [-0.05, 0) is 24.1 Å². The lowest BCUT2D eigenvalue weighted by atomic mass is 10.1. The second-order valence-corrected chi connectivity index (χ2v) is 4.02. The lowest BCUT2D eigenvalue weighted by Crippen LogP contribution is -2.10. The Hall–Kier alpha value is -1.70. The monoisotopic (exact) mass is 243 g/mol. The van der Waals surface area contributed by atoms with Gasteiger partial charge in [0.2, 0.25) is 0 Å². The van der Waals surface area contributed by atoms with Crippen LogP contribution in [0.5, 0.6) is 5.75 Å². The van der Waals surface area contributed by atoms with Crippen LogP contribution in [0, 0.1) is 17.2 Å². The maximum atomic E-state index is 12.6. The summed E-state index contributed by atoms with van der Waals surface area (Å²) >= 11 is 0. The third-order valence-electron chi connectivity index (χ3n) is 2.00. The van der Waals surface area contributed by atoms with Crippen molar-refractivity contribution in [2.75, 3.05) is 6.61 Å². The van der Waals surface area contributed by atoms with Crippen LogP contribution in [-0.4, -0.2) is 6.61 Å². The Bertz CT molecular complexity index is 432. The van der Waals surface area contributed by atoms with Crippen LogP contribution in [-0.2, 0) is 6.18 Å². The van der Waals surface area contributed by atoms with Crippen LogP contribution in [0.2, 0.25) is 0 Å². The Balaban J connectivity index is 3.02. The molecule has 0 saturated carbocycles. The van der Waals surface area contributed by atoms with Crippen molar-refractivity contribution in [1.29, 1.82) is 5.26 Å². The molecule has 1 rings (SSSR count). The highest BCUT2D eigenvalue weighted by Crippen LogP contribution is 2.34. The summed E-state index contributed by atoms with van der Waals surface area (Å²) in [6, 6.07) is 4.88. The fourth-order valence-electron chi connectivity index (χ4n) is 1.21. The number of rotatable bonds is 3. The highest BCUT2D eigenvalue weighted by Gasteiger charge is 2.34. The molecule has 0 N–H and O–H groups in total. The number of hydrogen-bond donors (Lipinski definition) is 0. The molecular formula is C12H12F3NO. The second-order valence-electron chi connectivity index (χ2n) is 4.02. The first-order valence-corrected chi connectivity index (χ1v) is 5.08. The van der Waals surface area contributed by atoms with Crippen molar-refractivity contribution in [3.63, 3.8) is 0 Å². The summed E-state index contributed by atoms with van der Waals surface area (Å²) in [6.07, 6.45) is -4.54. The molecule has 0 unspecified atom stereocenters. The number of nitriles is 1. The molecule has 0 aliphatic heterocycles. The second kappa shape index (κ2) is 5.09. The number of ether oxygens (including phenoxy) is 1. The predicted molar refractivity (Wildman–Crippen MR) is 56.5 cm³/mol. The summed E-state index contributed by atoms with van der Waals surface area (Å²) in [5.74, 6) is 0.352. The largest absolute Gasteiger partial charge is 0.493 e. The van der Waals surface area contributed by atoms with Crippen molar-refractivity contribution in [1.82, 2.24) is 0 Å². The first-order chi connectivity index (χ1) is 7.84. The molecule has 2 nitrogen and oxygen atoms in total. The molecule has 17 heavy (non-hydrogen) atoms. The van der Waals surface area contributed by atoms with Crippen LogP contribution >= 0.6 is 0 Å². The average molecular weight is 243 g/mol. The lowest BCUT2D eigenvalue weighted by molar-refractivity contribution is -0.137. The van der Waals surface area contributed by atoms with E-state index in [0.29, 0.717) is 6.61 Å². The van der Waals surface area contributed by atoms with E-state index in [4.69, 9.17) is 10.00 Å². The van der Waals surface area contributed by atoms with Gasteiger partial charge in [-0.3, -0.25) is 0 Å². The van der Waals surface area contributed by atoms with Gasteiger partial charge in [-0.2, -0.15) is 18.4 Å². The van der Waals surface area contributed by atoms with Gasteiger partial charge in [-0.15, -0.1) is 0 Å². The maximum absolute atomic E-state index is 12.6. The van der Waals surface area contributed by atoms with E-state index in [1.54, 1.807) is 0 Å². The normalized spacial score (nSPS) is 11.4. The van der Waals surface area contributed by atoms with Gasteiger partial charge in [0.05, 0.1) is 23.8 Å². The van der Waals surface area contributed by atoms with Gasteiger partial charge in [0.15, 0.2) is 0 Å². The van der Waals surface area contributed by atoms with Crippen molar-refractivity contribution in [2.45, 2.75) is 20.0 Å². The average Bonchev–Trinajstić information content (AvgIpc) is 2.24. The Morgan fingerprint density at radius 2 is 2.00 bits per heavy atom. The molecule has 1 aromatic rings. The van der Waals surface area contributed by atoms with E-state index in [-0.39, 0.29) is 11.7 Å². The highest BCUT2D eigenvalue weighted by molar-refractivity contribution is 5.44. The molecule has 1 aromatic carbocycles. The molecular weight excluding hydrogens is 231 g/mol. The van der Waals surface area contributed by atoms with Gasteiger partial charge in [0, 0.05) is 0 Å². The van der Waals surface area contributed by atoms with Crippen LogP contribution < -0.4 is 4.74 Å². The van der Waals surface area contributed by atoms with Crippen molar-refractivity contribution in [2.24, 2.45) is 5.92 Å². The van der Waals surface area contributed by atoms with Crippen LogP contribution in [0.15, 0.2) is 18.2 Å². The highest BCUT2D eigenvalue weighted by atomic mass is 19.4. The minimum Gasteiger partial charge on any atom is -0.493 e. The van der Waals surface area contributed by atoms with E-state index in [1.807, 2.05) is 13.8 Å². The van der Waals surface area contributed by atoms with E-state index in [2.05, 4.69) is 0 Å². The van der Waals surface area contributed by atoms with E-state index < -0.39 is 17.3 Å². The minimum atomic E-state index is -4.54. The van der Waals surface area contributed by atoms with Crippen LogP contribution in [0.1, 0.15) is 25.0 Å². The standard InChI is InChI=1S/C12H12F3NO/c1-8(2)7-17-10-4-3-9(6-16)11(5-10)12(13,14)15/h3-5,8H,7H2,1-2H3. The molecule has 0 saturated heterocycles. The predicted octanol–water partition coefficient (Wildman–Crippen LogP) is 3.61. The van der Waals surface area contributed by atoms with Gasteiger partial charge < -0.3 is 4.74 Å². The molecule has 0 aliphatic carbocycles. The first kappa shape index (κ1) is 13.4. The maximum Gasteiger partial charge on any atom is 0.417 e. The van der Waals surface area contributed by atoms with Crippen LogP contribution in [0.4, 0.5) is 13.2 Å². The minimum absolute atomic E-state index is 0.130. The molecule has 0 radical (unpaired) electrons. The van der Waals surface area contributed by atoms with Crippen LogP contribution in [0.3, 0.4) is 0 Å². The lowest BCUT2D eigenvalue weighted by Gasteiger charge is -2.12. The zero-order chi connectivity index (χ0) is 13.1. The third kappa shape index (κ3) is 3.66. The van der Waals surface area contributed by atoms with Gasteiger partial charge >= 0.3 is 6.18 Å². The summed E-state index contributed by atoms with van der Waals surface area (Å²) in [7, 11) is 0. The van der Waals surface area contributed by atoms with Crippen LogP contribution in [0.25, 0.3) is 0 Å². The SMILES string of the molecule is CC(C)COc1ccc(C#N)c(C(F)(F)F)c1. The fraction of sp³-hybridized carbons (Fsp3) is 0.417. The Morgan fingerprint density at radius 1 is 1.35 bits per heavy atom. The van der Waals surface area contributed by atoms with E-state index in [1.165, 1.54) is 12.1 Å². The summed E-state index contributed by atoms with van der Waals surface area (Å²) in [5, 5.41) is 8.60. The summed E-state index contributed by atoms with van der Waals surface area (Å²) in [4.78, 5) is 0. The quantitative estimate of drug-likeness (QED) is 0.812. The summed E-state index contributed by atoms with van der Waals surface area (Å²) in [5.41, 5.74) is -1.35. The zero-order valence-electron chi connectivity index (χ0n) is 9.51. The zero-order valence-corrected chi connectivity index (χ0v) is 9.51. The number of halogens is 3. The number of alkyl halides is 3. The van der Waals surface area contributed by atoms with Crippen molar-refractivity contribution >= 4 is 0 Å².